The van der Waals surface area contributed by atoms with Crippen LogP contribution >= 0.6 is 0 Å². The lowest BCUT2D eigenvalue weighted by Gasteiger charge is -2.32. The molecule has 4 rings (SSSR count). The van der Waals surface area contributed by atoms with Crippen LogP contribution in [0.1, 0.15) is 57.7 Å². The second-order valence-electron chi connectivity index (χ2n) is 6.92. The van der Waals surface area contributed by atoms with Gasteiger partial charge in [0.05, 0.1) is 5.69 Å². The van der Waals surface area contributed by atoms with Crippen molar-refractivity contribution in [1.82, 2.24) is 25.3 Å². The second kappa shape index (κ2) is 6.55. The average Bonchev–Trinajstić information content (AvgIpc) is 2.99. The van der Waals surface area contributed by atoms with E-state index in [-0.39, 0.29) is 11.8 Å². The first-order valence-corrected chi connectivity index (χ1v) is 8.91. The van der Waals surface area contributed by atoms with Crippen molar-refractivity contribution < 1.29 is 9.32 Å². The summed E-state index contributed by atoms with van der Waals surface area (Å²) in [5.74, 6) is 1.65. The molecule has 7 heteroatoms. The molecule has 2 aliphatic heterocycles. The van der Waals surface area contributed by atoms with Crippen LogP contribution in [0.15, 0.2) is 10.7 Å². The predicted octanol–water partition coefficient (Wildman–Crippen LogP) is 1.75. The minimum absolute atomic E-state index is 0.00288. The molecule has 0 spiro atoms. The minimum atomic E-state index is 0.00288. The molecular formula is C18H23N5O2. The first-order chi connectivity index (χ1) is 12.1. The number of piperidine rings is 1. The van der Waals surface area contributed by atoms with Gasteiger partial charge in [0.2, 0.25) is 0 Å². The molecule has 25 heavy (non-hydrogen) atoms. The first-order valence-electron chi connectivity index (χ1n) is 8.91. The molecule has 1 saturated heterocycles. The Labute approximate surface area is 146 Å². The summed E-state index contributed by atoms with van der Waals surface area (Å²) in [5, 5.41) is 7.24. The van der Waals surface area contributed by atoms with Crippen LogP contribution in [-0.4, -0.2) is 45.6 Å². The van der Waals surface area contributed by atoms with E-state index in [0.717, 1.165) is 50.4 Å². The van der Waals surface area contributed by atoms with Gasteiger partial charge in [0.1, 0.15) is 17.1 Å². The van der Waals surface area contributed by atoms with E-state index in [2.05, 4.69) is 15.5 Å². The highest BCUT2D eigenvalue weighted by Gasteiger charge is 2.30. The number of hydrogen-bond acceptors (Lipinski definition) is 6. The Balaban J connectivity index is 1.54. The van der Waals surface area contributed by atoms with E-state index in [9.17, 15) is 4.79 Å². The fourth-order valence-corrected chi connectivity index (χ4v) is 3.77. The van der Waals surface area contributed by atoms with Crippen LogP contribution in [0, 0.1) is 13.8 Å². The molecule has 1 amide bonds. The molecule has 0 unspecified atom stereocenters. The van der Waals surface area contributed by atoms with Gasteiger partial charge in [0.25, 0.3) is 5.91 Å². The Morgan fingerprint density at radius 2 is 2.28 bits per heavy atom. The summed E-state index contributed by atoms with van der Waals surface area (Å²) in [4.78, 5) is 24.2. The summed E-state index contributed by atoms with van der Waals surface area (Å²) in [6.07, 6.45) is 4.86. The number of nitrogens with zero attached hydrogens (tertiary/aromatic N) is 4. The largest absolute Gasteiger partial charge is 0.361 e. The van der Waals surface area contributed by atoms with Crippen LogP contribution in [0.2, 0.25) is 0 Å². The van der Waals surface area contributed by atoms with Crippen LogP contribution in [-0.2, 0) is 13.0 Å². The van der Waals surface area contributed by atoms with Gasteiger partial charge >= 0.3 is 0 Å². The number of carbonyl (C=O) groups excluding carboxylic acids is 1. The van der Waals surface area contributed by atoms with Gasteiger partial charge in [-0.1, -0.05) is 5.16 Å². The van der Waals surface area contributed by atoms with Crippen molar-refractivity contribution in [2.75, 3.05) is 19.6 Å². The van der Waals surface area contributed by atoms with E-state index < -0.39 is 0 Å². The van der Waals surface area contributed by atoms with E-state index >= 15 is 0 Å². The lowest BCUT2D eigenvalue weighted by molar-refractivity contribution is 0.0702. The summed E-state index contributed by atoms with van der Waals surface area (Å²) in [6.45, 7) is 6.82. The highest BCUT2D eigenvalue weighted by Crippen LogP contribution is 2.27. The van der Waals surface area contributed by atoms with Crippen molar-refractivity contribution in [3.63, 3.8) is 0 Å². The highest BCUT2D eigenvalue weighted by molar-refractivity contribution is 5.96. The molecule has 0 bridgehead atoms. The minimum Gasteiger partial charge on any atom is -0.361 e. The van der Waals surface area contributed by atoms with Crippen molar-refractivity contribution in [2.45, 2.75) is 45.6 Å². The van der Waals surface area contributed by atoms with Gasteiger partial charge in [-0.25, -0.2) is 9.97 Å². The molecule has 2 aromatic rings. The van der Waals surface area contributed by atoms with E-state index in [1.807, 2.05) is 18.0 Å². The summed E-state index contributed by atoms with van der Waals surface area (Å²) < 4.78 is 5.15. The summed E-state index contributed by atoms with van der Waals surface area (Å²) in [5.41, 5.74) is 3.59. The average molecular weight is 341 g/mol. The third-order valence-corrected chi connectivity index (χ3v) is 5.15. The fraction of sp³-hybridized carbons (Fsp3) is 0.556. The van der Waals surface area contributed by atoms with Crippen molar-refractivity contribution in [3.05, 3.63) is 40.3 Å². The molecule has 4 heterocycles. The Morgan fingerprint density at radius 3 is 3.08 bits per heavy atom. The van der Waals surface area contributed by atoms with Gasteiger partial charge in [-0.15, -0.1) is 0 Å². The molecule has 1 N–H and O–H groups in total. The van der Waals surface area contributed by atoms with E-state index in [4.69, 9.17) is 9.51 Å². The van der Waals surface area contributed by atoms with E-state index in [0.29, 0.717) is 23.6 Å². The summed E-state index contributed by atoms with van der Waals surface area (Å²) in [6, 6.07) is 0. The Kier molecular flexibility index (Phi) is 4.25. The SMILES string of the molecule is Cc1noc(C)c1C(=O)N1CCC[C@H](c2ncc3c(n2)CCNC3)C1. The number of amides is 1. The Bertz CT molecular complexity index is 781. The van der Waals surface area contributed by atoms with Crippen LogP contribution in [0.3, 0.4) is 0 Å². The quantitative estimate of drug-likeness (QED) is 0.896. The van der Waals surface area contributed by atoms with E-state index in [1.54, 1.807) is 6.92 Å². The van der Waals surface area contributed by atoms with Crippen molar-refractivity contribution in [1.29, 1.82) is 0 Å². The predicted molar refractivity (Wildman–Crippen MR) is 91.3 cm³/mol. The summed E-state index contributed by atoms with van der Waals surface area (Å²) in [7, 11) is 0. The lowest BCUT2D eigenvalue weighted by Crippen LogP contribution is -2.40. The smallest absolute Gasteiger partial charge is 0.259 e. The number of aromatic nitrogens is 3. The molecule has 1 fully saturated rings. The van der Waals surface area contributed by atoms with Gasteiger partial charge < -0.3 is 14.7 Å². The van der Waals surface area contributed by atoms with Gasteiger partial charge in [-0.3, -0.25) is 4.79 Å². The third kappa shape index (κ3) is 3.04. The molecule has 0 saturated carbocycles. The standard InChI is InChI=1S/C18H23N5O2/c1-11-16(12(2)25-22-11)18(24)23-7-3-4-13(10-23)17-20-9-14-8-19-6-5-15(14)21-17/h9,13,19H,3-8,10H2,1-2H3/t13-/m0/s1. The molecule has 1 atom stereocenters. The molecule has 0 radical (unpaired) electrons. The topological polar surface area (TPSA) is 84.2 Å². The zero-order chi connectivity index (χ0) is 17.4. The van der Waals surface area contributed by atoms with Crippen LogP contribution in [0.25, 0.3) is 0 Å². The Morgan fingerprint density at radius 1 is 1.40 bits per heavy atom. The molecule has 0 aliphatic carbocycles. The molecule has 2 aliphatic rings. The van der Waals surface area contributed by atoms with Crippen molar-refractivity contribution in [2.24, 2.45) is 0 Å². The zero-order valence-corrected chi connectivity index (χ0v) is 14.7. The molecule has 0 aromatic carbocycles. The maximum absolute atomic E-state index is 12.9. The number of rotatable bonds is 2. The summed E-state index contributed by atoms with van der Waals surface area (Å²) >= 11 is 0. The first kappa shape index (κ1) is 16.2. The van der Waals surface area contributed by atoms with Gasteiger partial charge in [-0.2, -0.15) is 0 Å². The van der Waals surface area contributed by atoms with Crippen LogP contribution in [0.5, 0.6) is 0 Å². The monoisotopic (exact) mass is 341 g/mol. The third-order valence-electron chi connectivity index (χ3n) is 5.15. The second-order valence-corrected chi connectivity index (χ2v) is 6.92. The van der Waals surface area contributed by atoms with Gasteiger partial charge in [0, 0.05) is 56.0 Å². The van der Waals surface area contributed by atoms with Gasteiger partial charge in [-0.05, 0) is 26.7 Å². The maximum Gasteiger partial charge on any atom is 0.259 e. The fourth-order valence-electron chi connectivity index (χ4n) is 3.77. The number of carbonyl (C=O) groups is 1. The van der Waals surface area contributed by atoms with Crippen LogP contribution in [0.4, 0.5) is 0 Å². The molecule has 132 valence electrons. The lowest BCUT2D eigenvalue weighted by atomic mass is 9.95. The highest BCUT2D eigenvalue weighted by atomic mass is 16.5. The molecule has 2 aromatic heterocycles. The number of fused-ring (bicyclic) bond motifs is 1. The number of nitrogens with one attached hydrogen (secondary N) is 1. The number of hydrogen-bond donors (Lipinski definition) is 1. The number of likely N-dealkylation sites (tertiary alicyclic amines) is 1. The molecule has 7 nitrogen and oxygen atoms in total. The maximum atomic E-state index is 12.9. The molecular weight excluding hydrogens is 318 g/mol. The van der Waals surface area contributed by atoms with Crippen molar-refractivity contribution in [3.8, 4) is 0 Å². The van der Waals surface area contributed by atoms with E-state index in [1.165, 1.54) is 5.56 Å². The zero-order valence-electron chi connectivity index (χ0n) is 14.7. The van der Waals surface area contributed by atoms with Gasteiger partial charge in [0.15, 0.2) is 0 Å². The van der Waals surface area contributed by atoms with Crippen LogP contribution < -0.4 is 5.32 Å². The van der Waals surface area contributed by atoms with Crippen molar-refractivity contribution >= 4 is 5.91 Å². The normalized spacial score (nSPS) is 20.4. The number of aryl methyl sites for hydroxylation is 2. The Hall–Kier alpha value is -2.28.